The third kappa shape index (κ3) is 4.45. The molecule has 1 atom stereocenters. The molecule has 2 aliphatic rings. The summed E-state index contributed by atoms with van der Waals surface area (Å²) < 4.78 is 5.96. The minimum absolute atomic E-state index is 0.139. The third-order valence-corrected chi connectivity index (χ3v) is 6.38. The number of benzene rings is 1. The molecule has 2 aliphatic heterocycles. The van der Waals surface area contributed by atoms with E-state index in [0.717, 1.165) is 25.3 Å². The number of likely N-dealkylation sites (tertiary alicyclic amines) is 1. The minimum atomic E-state index is -1.52. The van der Waals surface area contributed by atoms with Crippen molar-refractivity contribution in [1.82, 2.24) is 14.8 Å². The van der Waals surface area contributed by atoms with Gasteiger partial charge < -0.3 is 19.4 Å². The Labute approximate surface area is 193 Å². The van der Waals surface area contributed by atoms with Gasteiger partial charge in [-0.15, -0.1) is 0 Å². The molecule has 32 heavy (non-hydrogen) atoms. The van der Waals surface area contributed by atoms with Crippen LogP contribution in [-0.4, -0.2) is 67.1 Å². The maximum Gasteiger partial charge on any atom is 0.410 e. The van der Waals surface area contributed by atoms with Crippen molar-refractivity contribution in [1.29, 1.82) is 0 Å². The van der Waals surface area contributed by atoms with Crippen molar-refractivity contribution >= 4 is 29.3 Å². The maximum atomic E-state index is 14.0. The normalized spacial score (nSPS) is 20.8. The lowest BCUT2D eigenvalue weighted by Gasteiger charge is -2.31. The number of nitrogens with zero attached hydrogens (tertiary/aromatic N) is 4. The van der Waals surface area contributed by atoms with Crippen LogP contribution in [0.4, 0.5) is 10.5 Å². The van der Waals surface area contributed by atoms with Gasteiger partial charge >= 0.3 is 6.09 Å². The molecule has 1 aromatic heterocycles. The Kier molecular flexibility index (Phi) is 6.67. The van der Waals surface area contributed by atoms with Crippen molar-refractivity contribution in [2.24, 2.45) is 0 Å². The van der Waals surface area contributed by atoms with Crippen LogP contribution in [0.25, 0.3) is 0 Å². The van der Waals surface area contributed by atoms with E-state index < -0.39 is 11.7 Å². The van der Waals surface area contributed by atoms with Crippen LogP contribution in [0.5, 0.6) is 0 Å². The first-order valence-electron chi connectivity index (χ1n) is 11.1. The Balaban J connectivity index is 1.72. The molecule has 4 rings (SSSR count). The summed E-state index contributed by atoms with van der Waals surface area (Å²) >= 11 is 6.34. The van der Waals surface area contributed by atoms with Crippen LogP contribution in [0, 0.1) is 0 Å². The SMILES string of the molecule is CN(C)C(=O)OC1(Cc2ccccn2)C(=O)N(CCN2CCCCC2)c2ccc(Cl)cc21. The molecule has 7 nitrogen and oxygen atoms in total. The minimum Gasteiger partial charge on any atom is -0.427 e. The van der Waals surface area contributed by atoms with E-state index in [4.69, 9.17) is 16.3 Å². The van der Waals surface area contributed by atoms with E-state index in [-0.39, 0.29) is 12.3 Å². The first-order chi connectivity index (χ1) is 15.4. The van der Waals surface area contributed by atoms with Gasteiger partial charge in [-0.2, -0.15) is 0 Å². The summed E-state index contributed by atoms with van der Waals surface area (Å²) in [6.07, 6.45) is 4.85. The zero-order chi connectivity index (χ0) is 22.7. The molecule has 0 aliphatic carbocycles. The summed E-state index contributed by atoms with van der Waals surface area (Å²) in [5.74, 6) is -0.257. The first-order valence-corrected chi connectivity index (χ1v) is 11.4. The van der Waals surface area contributed by atoms with Crippen molar-refractivity contribution in [3.05, 3.63) is 58.9 Å². The van der Waals surface area contributed by atoms with Gasteiger partial charge in [0, 0.05) is 56.1 Å². The molecule has 1 aromatic carbocycles. The van der Waals surface area contributed by atoms with Crippen molar-refractivity contribution in [2.45, 2.75) is 31.3 Å². The fraction of sp³-hybridized carbons (Fsp3) is 0.458. The Morgan fingerprint density at radius 3 is 2.62 bits per heavy atom. The number of halogens is 1. The second-order valence-electron chi connectivity index (χ2n) is 8.61. The van der Waals surface area contributed by atoms with Gasteiger partial charge in [0.05, 0.1) is 5.69 Å². The van der Waals surface area contributed by atoms with Gasteiger partial charge in [0.1, 0.15) is 0 Å². The van der Waals surface area contributed by atoms with Gasteiger partial charge in [0.2, 0.25) is 5.60 Å². The van der Waals surface area contributed by atoms with Crippen LogP contribution < -0.4 is 4.90 Å². The highest BCUT2D eigenvalue weighted by molar-refractivity contribution is 6.31. The monoisotopic (exact) mass is 456 g/mol. The molecule has 3 heterocycles. The lowest BCUT2D eigenvalue weighted by atomic mass is 9.89. The van der Waals surface area contributed by atoms with Crippen LogP contribution in [0.3, 0.4) is 0 Å². The van der Waals surface area contributed by atoms with Crippen LogP contribution in [0.2, 0.25) is 5.02 Å². The molecule has 1 saturated heterocycles. The predicted molar refractivity (Wildman–Crippen MR) is 124 cm³/mol. The van der Waals surface area contributed by atoms with Crippen molar-refractivity contribution in [3.8, 4) is 0 Å². The van der Waals surface area contributed by atoms with E-state index in [1.165, 1.54) is 24.2 Å². The largest absolute Gasteiger partial charge is 0.427 e. The average molecular weight is 457 g/mol. The smallest absolute Gasteiger partial charge is 0.410 e. The van der Waals surface area contributed by atoms with E-state index in [1.54, 1.807) is 37.3 Å². The summed E-state index contributed by atoms with van der Waals surface area (Å²) in [5.41, 5.74) is 0.488. The zero-order valence-corrected chi connectivity index (χ0v) is 19.3. The van der Waals surface area contributed by atoms with Gasteiger partial charge in [0.25, 0.3) is 5.91 Å². The van der Waals surface area contributed by atoms with Crippen LogP contribution in [0.1, 0.15) is 30.5 Å². The summed E-state index contributed by atoms with van der Waals surface area (Å²) in [6.45, 7) is 3.39. The second-order valence-corrected chi connectivity index (χ2v) is 9.04. The molecule has 0 spiro atoms. The molecular formula is C24H29ClN4O3. The molecule has 0 bridgehead atoms. The molecule has 0 saturated carbocycles. The number of fused-ring (bicyclic) bond motifs is 1. The Morgan fingerprint density at radius 2 is 1.94 bits per heavy atom. The molecule has 2 aromatic rings. The highest BCUT2D eigenvalue weighted by atomic mass is 35.5. The highest BCUT2D eigenvalue weighted by Gasteiger charge is 2.55. The summed E-state index contributed by atoms with van der Waals surface area (Å²) in [6, 6.07) is 10.9. The number of hydrogen-bond acceptors (Lipinski definition) is 5. The van der Waals surface area contributed by atoms with Crippen LogP contribution in [-0.2, 0) is 21.6 Å². The number of aromatic nitrogens is 1. The van der Waals surface area contributed by atoms with Crippen molar-refractivity contribution in [3.63, 3.8) is 0 Å². The quantitative estimate of drug-likeness (QED) is 0.663. The van der Waals surface area contributed by atoms with E-state index in [2.05, 4.69) is 9.88 Å². The Bertz CT molecular complexity index is 978. The molecule has 1 unspecified atom stereocenters. The molecule has 0 N–H and O–H groups in total. The number of amides is 2. The fourth-order valence-corrected chi connectivity index (χ4v) is 4.63. The third-order valence-electron chi connectivity index (χ3n) is 6.15. The summed E-state index contributed by atoms with van der Waals surface area (Å²) in [7, 11) is 3.20. The van der Waals surface area contributed by atoms with Gasteiger partial charge in [-0.25, -0.2) is 4.79 Å². The first kappa shape index (κ1) is 22.6. The maximum absolute atomic E-state index is 14.0. The molecule has 8 heteroatoms. The number of carbonyl (C=O) groups excluding carboxylic acids is 2. The Hall–Kier alpha value is -2.64. The van der Waals surface area contributed by atoms with Gasteiger partial charge in [0.15, 0.2) is 0 Å². The van der Waals surface area contributed by atoms with E-state index in [1.807, 2.05) is 24.3 Å². The standard InChI is InChI=1S/C24H29ClN4O3/c1-27(2)23(31)32-24(17-19-8-4-5-11-26-19)20-16-18(25)9-10-21(20)29(22(24)30)15-14-28-12-6-3-7-13-28/h4-5,8-11,16H,3,6-7,12-15,17H2,1-2H3. The number of pyridine rings is 1. The lowest BCUT2D eigenvalue weighted by molar-refractivity contribution is -0.137. The zero-order valence-electron chi connectivity index (χ0n) is 18.6. The number of rotatable bonds is 6. The van der Waals surface area contributed by atoms with E-state index >= 15 is 0 Å². The molecule has 2 amide bonds. The fourth-order valence-electron chi connectivity index (χ4n) is 4.46. The van der Waals surface area contributed by atoms with Crippen LogP contribution >= 0.6 is 11.6 Å². The number of anilines is 1. The average Bonchev–Trinajstić information content (AvgIpc) is 3.00. The summed E-state index contributed by atoms with van der Waals surface area (Å²) in [4.78, 5) is 36.5. The summed E-state index contributed by atoms with van der Waals surface area (Å²) in [5, 5.41) is 0.487. The number of piperidine rings is 1. The molecule has 170 valence electrons. The molecule has 1 fully saturated rings. The van der Waals surface area contributed by atoms with Crippen LogP contribution in [0.15, 0.2) is 42.6 Å². The number of ether oxygens (including phenoxy) is 1. The second kappa shape index (κ2) is 9.46. The van der Waals surface area contributed by atoms with Crippen molar-refractivity contribution in [2.75, 3.05) is 45.2 Å². The number of hydrogen-bond donors (Lipinski definition) is 0. The van der Waals surface area contributed by atoms with E-state index in [9.17, 15) is 9.59 Å². The Morgan fingerprint density at radius 1 is 1.16 bits per heavy atom. The van der Waals surface area contributed by atoms with Gasteiger partial charge in [-0.3, -0.25) is 9.78 Å². The van der Waals surface area contributed by atoms with Gasteiger partial charge in [-0.05, 0) is 56.3 Å². The lowest BCUT2D eigenvalue weighted by Crippen LogP contribution is -2.48. The predicted octanol–water partition coefficient (Wildman–Crippen LogP) is 3.70. The topological polar surface area (TPSA) is 66.0 Å². The number of carbonyl (C=O) groups is 2. The highest BCUT2D eigenvalue weighted by Crippen LogP contribution is 2.46. The van der Waals surface area contributed by atoms with Crippen molar-refractivity contribution < 1.29 is 14.3 Å². The van der Waals surface area contributed by atoms with Gasteiger partial charge in [-0.1, -0.05) is 24.1 Å². The molecular weight excluding hydrogens is 428 g/mol. The van der Waals surface area contributed by atoms with E-state index in [0.29, 0.717) is 22.8 Å². The molecule has 0 radical (unpaired) electrons.